The Morgan fingerprint density at radius 2 is 2.25 bits per heavy atom. The smallest absolute Gasteiger partial charge is 0.227 e. The molecule has 2 aromatic heterocycles. The van der Waals surface area contributed by atoms with Crippen molar-refractivity contribution in [2.75, 3.05) is 18.4 Å². The summed E-state index contributed by atoms with van der Waals surface area (Å²) >= 11 is 1.74. The topological polar surface area (TPSA) is 71.8 Å². The molecule has 0 aliphatic carbocycles. The molecule has 1 fully saturated rings. The second-order valence-corrected chi connectivity index (χ2v) is 6.95. The number of thiophene rings is 1. The lowest BCUT2D eigenvalue weighted by atomic mass is 9.98. The van der Waals surface area contributed by atoms with E-state index in [1.165, 1.54) is 4.88 Å². The minimum atomic E-state index is 0. The van der Waals surface area contributed by atoms with E-state index < -0.39 is 0 Å². The van der Waals surface area contributed by atoms with Gasteiger partial charge in [-0.25, -0.2) is 4.68 Å². The van der Waals surface area contributed by atoms with Crippen molar-refractivity contribution in [3.05, 3.63) is 28.2 Å². The third kappa shape index (κ3) is 5.03. The van der Waals surface area contributed by atoms with Crippen LogP contribution in [0.25, 0.3) is 0 Å². The Hall–Kier alpha value is -1.44. The number of carbonyl (C=O) groups is 1. The summed E-state index contributed by atoms with van der Waals surface area (Å²) in [7, 11) is 1.83. The Morgan fingerprint density at radius 1 is 1.46 bits per heavy atom. The van der Waals surface area contributed by atoms with Crippen LogP contribution in [0, 0.1) is 0 Å². The van der Waals surface area contributed by atoms with Crippen LogP contribution in [0.4, 0.5) is 5.95 Å². The number of nitrogens with zero attached hydrogens (tertiary/aromatic N) is 3. The first-order chi connectivity index (χ1) is 11.2. The Morgan fingerprint density at radius 3 is 2.96 bits per heavy atom. The van der Waals surface area contributed by atoms with E-state index in [4.69, 9.17) is 0 Å². The van der Waals surface area contributed by atoms with Gasteiger partial charge in [0.2, 0.25) is 11.9 Å². The molecule has 3 heterocycles. The molecule has 0 bridgehead atoms. The van der Waals surface area contributed by atoms with Crippen LogP contribution in [0.3, 0.4) is 0 Å². The molecule has 0 spiro atoms. The molecule has 0 atom stereocenters. The Labute approximate surface area is 152 Å². The van der Waals surface area contributed by atoms with E-state index in [1.54, 1.807) is 16.0 Å². The minimum Gasteiger partial charge on any atom is -0.317 e. The van der Waals surface area contributed by atoms with Crippen LogP contribution in [-0.2, 0) is 18.3 Å². The number of rotatable bonds is 6. The Bertz CT molecular complexity index is 637. The zero-order valence-corrected chi connectivity index (χ0v) is 15.5. The van der Waals surface area contributed by atoms with E-state index in [2.05, 4.69) is 32.2 Å². The monoisotopic (exact) mass is 369 g/mol. The average molecular weight is 370 g/mol. The first kappa shape index (κ1) is 18.9. The predicted molar refractivity (Wildman–Crippen MR) is 99.0 cm³/mol. The summed E-state index contributed by atoms with van der Waals surface area (Å²) in [6.07, 6.45) is 4.42. The molecule has 2 N–H and O–H groups in total. The first-order valence-electron chi connectivity index (χ1n) is 8.16. The molecule has 24 heavy (non-hydrogen) atoms. The summed E-state index contributed by atoms with van der Waals surface area (Å²) in [5.41, 5.74) is 0. The van der Waals surface area contributed by atoms with Crippen LogP contribution in [0.2, 0.25) is 0 Å². The molecule has 0 radical (unpaired) electrons. The van der Waals surface area contributed by atoms with Gasteiger partial charge in [0.15, 0.2) is 5.82 Å². The molecular weight excluding hydrogens is 346 g/mol. The average Bonchev–Trinajstić information content (AvgIpc) is 3.19. The number of carbonyl (C=O) groups excluding carboxylic acids is 1. The van der Waals surface area contributed by atoms with Crippen molar-refractivity contribution in [1.82, 2.24) is 20.1 Å². The van der Waals surface area contributed by atoms with Crippen LogP contribution in [0.1, 0.15) is 42.3 Å². The number of anilines is 1. The van der Waals surface area contributed by atoms with E-state index in [9.17, 15) is 4.79 Å². The molecule has 0 aromatic carbocycles. The van der Waals surface area contributed by atoms with Gasteiger partial charge in [0, 0.05) is 24.3 Å². The maximum Gasteiger partial charge on any atom is 0.227 e. The van der Waals surface area contributed by atoms with E-state index in [0.717, 1.165) is 44.6 Å². The lowest BCUT2D eigenvalue weighted by Gasteiger charge is -2.19. The Kier molecular flexibility index (Phi) is 7.20. The molecule has 0 saturated carbocycles. The molecule has 6 nitrogen and oxygen atoms in total. The number of piperidine rings is 1. The highest BCUT2D eigenvalue weighted by atomic mass is 35.5. The van der Waals surface area contributed by atoms with E-state index in [0.29, 0.717) is 18.3 Å². The zero-order chi connectivity index (χ0) is 16.1. The van der Waals surface area contributed by atoms with Crippen molar-refractivity contribution in [1.29, 1.82) is 0 Å². The number of aryl methyl sites for hydroxylation is 2. The van der Waals surface area contributed by atoms with Crippen molar-refractivity contribution < 1.29 is 4.79 Å². The van der Waals surface area contributed by atoms with Crippen LogP contribution in [0.5, 0.6) is 0 Å². The largest absolute Gasteiger partial charge is 0.317 e. The summed E-state index contributed by atoms with van der Waals surface area (Å²) in [5, 5.41) is 12.8. The van der Waals surface area contributed by atoms with Crippen LogP contribution in [0.15, 0.2) is 17.5 Å². The van der Waals surface area contributed by atoms with Gasteiger partial charge in [-0.05, 0) is 50.2 Å². The minimum absolute atomic E-state index is 0. The van der Waals surface area contributed by atoms with Gasteiger partial charge in [0.05, 0.1) is 0 Å². The fourth-order valence-corrected chi connectivity index (χ4v) is 3.58. The van der Waals surface area contributed by atoms with E-state index in [-0.39, 0.29) is 18.3 Å². The van der Waals surface area contributed by atoms with E-state index in [1.807, 2.05) is 13.1 Å². The second-order valence-electron chi connectivity index (χ2n) is 5.92. The number of aromatic nitrogens is 3. The molecule has 132 valence electrons. The van der Waals surface area contributed by atoms with Crippen LogP contribution >= 0.6 is 23.7 Å². The Balaban J connectivity index is 0.00000208. The number of nitrogens with one attached hydrogen (secondary N) is 2. The third-order valence-corrected chi connectivity index (χ3v) is 5.08. The molecule has 2 aromatic rings. The van der Waals surface area contributed by atoms with Gasteiger partial charge in [-0.15, -0.1) is 23.7 Å². The second kappa shape index (κ2) is 9.15. The van der Waals surface area contributed by atoms with E-state index >= 15 is 0 Å². The van der Waals surface area contributed by atoms with Gasteiger partial charge < -0.3 is 5.32 Å². The normalized spacial score (nSPS) is 15.0. The van der Waals surface area contributed by atoms with Crippen molar-refractivity contribution >= 4 is 35.6 Å². The summed E-state index contributed by atoms with van der Waals surface area (Å²) in [4.78, 5) is 17.9. The molecule has 1 amide bonds. The maximum atomic E-state index is 12.1. The van der Waals surface area contributed by atoms with Gasteiger partial charge in [-0.1, -0.05) is 6.07 Å². The lowest BCUT2D eigenvalue weighted by Crippen LogP contribution is -2.27. The van der Waals surface area contributed by atoms with Gasteiger partial charge in [0.1, 0.15) is 0 Å². The van der Waals surface area contributed by atoms with Gasteiger partial charge >= 0.3 is 0 Å². The highest BCUT2D eigenvalue weighted by Gasteiger charge is 2.21. The van der Waals surface area contributed by atoms with Gasteiger partial charge in [-0.2, -0.15) is 10.1 Å². The summed E-state index contributed by atoms with van der Waals surface area (Å²) < 4.78 is 1.68. The fraction of sp³-hybridized carbons (Fsp3) is 0.562. The molecular formula is C16H24ClN5OS. The zero-order valence-electron chi connectivity index (χ0n) is 13.8. The fourth-order valence-electron chi connectivity index (χ4n) is 2.83. The van der Waals surface area contributed by atoms with Crippen LogP contribution in [-0.4, -0.2) is 33.8 Å². The van der Waals surface area contributed by atoms with Crippen molar-refractivity contribution in [3.63, 3.8) is 0 Å². The SMILES string of the molecule is Cl.Cn1nc(C2CCNCC2)nc1NC(=O)CCCc1cccs1. The standard InChI is InChI=1S/C16H23N5OS.ClH/c1-21-16(19-15(20-21)12-7-9-17-10-8-12)18-14(22)6-2-4-13-5-3-11-23-13;/h3,5,11-12,17H,2,4,6-10H2,1H3,(H,18,19,20,22);1H. The van der Waals surface area contributed by atoms with Crippen molar-refractivity contribution in [2.24, 2.45) is 7.05 Å². The van der Waals surface area contributed by atoms with Gasteiger partial charge in [-0.3, -0.25) is 10.1 Å². The highest BCUT2D eigenvalue weighted by Crippen LogP contribution is 2.23. The highest BCUT2D eigenvalue weighted by molar-refractivity contribution is 7.09. The summed E-state index contributed by atoms with van der Waals surface area (Å²) in [6.45, 7) is 2.01. The van der Waals surface area contributed by atoms with Gasteiger partial charge in [0.25, 0.3) is 0 Å². The third-order valence-electron chi connectivity index (χ3n) is 4.14. The van der Waals surface area contributed by atoms with Crippen molar-refractivity contribution in [3.8, 4) is 0 Å². The summed E-state index contributed by atoms with van der Waals surface area (Å²) in [6, 6.07) is 4.15. The maximum absolute atomic E-state index is 12.1. The molecule has 0 unspecified atom stereocenters. The lowest BCUT2D eigenvalue weighted by molar-refractivity contribution is -0.116. The first-order valence-corrected chi connectivity index (χ1v) is 9.04. The number of halogens is 1. The molecule has 8 heteroatoms. The molecule has 1 aliphatic heterocycles. The quantitative estimate of drug-likeness (QED) is 0.821. The number of amides is 1. The molecule has 3 rings (SSSR count). The summed E-state index contributed by atoms with van der Waals surface area (Å²) in [5.74, 6) is 1.81. The number of hydrogen-bond acceptors (Lipinski definition) is 5. The number of hydrogen-bond donors (Lipinski definition) is 2. The predicted octanol–water partition coefficient (Wildman–Crippen LogP) is 2.73. The van der Waals surface area contributed by atoms with Crippen LogP contribution < -0.4 is 10.6 Å². The molecule has 1 aliphatic rings. The van der Waals surface area contributed by atoms with Crippen molar-refractivity contribution in [2.45, 2.75) is 38.0 Å². The molecule has 1 saturated heterocycles.